The molecule has 4 heteroatoms. The molecule has 1 aromatic rings. The van der Waals surface area contributed by atoms with Crippen LogP contribution in [0.5, 0.6) is 0 Å². The molecule has 3 nitrogen and oxygen atoms in total. The van der Waals surface area contributed by atoms with Gasteiger partial charge in [-0.3, -0.25) is 4.79 Å². The molecule has 1 saturated carbocycles. The molecule has 0 amide bonds. The van der Waals surface area contributed by atoms with E-state index in [2.05, 4.69) is 15.9 Å². The third kappa shape index (κ3) is 2.44. The molecule has 1 aliphatic rings. The van der Waals surface area contributed by atoms with E-state index < -0.39 is 0 Å². The van der Waals surface area contributed by atoms with Crippen molar-refractivity contribution in [3.8, 4) is 0 Å². The number of carbonyl (C=O) groups excluding carboxylic acids is 1. The molecule has 16 heavy (non-hydrogen) atoms. The van der Waals surface area contributed by atoms with Gasteiger partial charge in [-0.2, -0.15) is 0 Å². The molecule has 0 bridgehead atoms. The molecule has 0 heterocycles. The van der Waals surface area contributed by atoms with Crippen LogP contribution in [0.25, 0.3) is 0 Å². The molecule has 1 aromatic carbocycles. The molecule has 2 N–H and O–H groups in total. The van der Waals surface area contributed by atoms with Crippen molar-refractivity contribution in [3.05, 3.63) is 34.3 Å². The lowest BCUT2D eigenvalue weighted by molar-refractivity contribution is -0.151. The van der Waals surface area contributed by atoms with Crippen molar-refractivity contribution in [3.63, 3.8) is 0 Å². The fourth-order valence-electron chi connectivity index (χ4n) is 1.57. The maximum Gasteiger partial charge on any atom is 0.313 e. The van der Waals surface area contributed by atoms with Crippen LogP contribution in [0.3, 0.4) is 0 Å². The summed E-state index contributed by atoms with van der Waals surface area (Å²) >= 11 is 3.37. The van der Waals surface area contributed by atoms with E-state index in [4.69, 9.17) is 10.5 Å². The molecule has 0 unspecified atom stereocenters. The van der Waals surface area contributed by atoms with E-state index in [9.17, 15) is 4.79 Å². The maximum absolute atomic E-state index is 11.7. The number of nitrogens with two attached hydrogens (primary N) is 1. The third-order valence-corrected chi connectivity index (χ3v) is 3.43. The average molecular weight is 284 g/mol. The van der Waals surface area contributed by atoms with Gasteiger partial charge >= 0.3 is 5.97 Å². The highest BCUT2D eigenvalue weighted by molar-refractivity contribution is 9.10. The Bertz CT molecular complexity index is 402. The number of halogens is 1. The highest BCUT2D eigenvalue weighted by atomic mass is 79.9. The summed E-state index contributed by atoms with van der Waals surface area (Å²) in [5.41, 5.74) is 6.17. The molecule has 86 valence electrons. The third-order valence-electron chi connectivity index (χ3n) is 2.94. The highest BCUT2D eigenvalue weighted by Crippen LogP contribution is 2.45. The van der Waals surface area contributed by atoms with Crippen molar-refractivity contribution in [2.45, 2.75) is 19.4 Å². The summed E-state index contributed by atoms with van der Waals surface area (Å²) in [6.07, 6.45) is 1.72. The van der Waals surface area contributed by atoms with Gasteiger partial charge in [0, 0.05) is 11.0 Å². The van der Waals surface area contributed by atoms with Crippen LogP contribution in [0, 0.1) is 5.41 Å². The number of ether oxygens (including phenoxy) is 1. The maximum atomic E-state index is 11.7. The Morgan fingerprint density at radius 1 is 1.50 bits per heavy atom. The fraction of sp³-hybridized carbons (Fsp3) is 0.417. The molecule has 1 fully saturated rings. The minimum Gasteiger partial charge on any atom is -0.460 e. The molecule has 2 rings (SSSR count). The Labute approximate surface area is 103 Å². The monoisotopic (exact) mass is 283 g/mol. The first-order chi connectivity index (χ1) is 7.66. The minimum absolute atomic E-state index is 0.157. The number of hydrogen-bond acceptors (Lipinski definition) is 3. The van der Waals surface area contributed by atoms with Gasteiger partial charge < -0.3 is 10.5 Å². The van der Waals surface area contributed by atoms with E-state index >= 15 is 0 Å². The van der Waals surface area contributed by atoms with Crippen molar-refractivity contribution < 1.29 is 9.53 Å². The second-order valence-electron chi connectivity index (χ2n) is 4.19. The van der Waals surface area contributed by atoms with Crippen LogP contribution in [-0.4, -0.2) is 12.5 Å². The number of esters is 1. The zero-order chi connectivity index (χ0) is 11.6. The topological polar surface area (TPSA) is 52.3 Å². The van der Waals surface area contributed by atoms with E-state index in [1.807, 2.05) is 24.3 Å². The average Bonchev–Trinajstić information content (AvgIpc) is 3.07. The second-order valence-corrected chi connectivity index (χ2v) is 5.11. The second kappa shape index (κ2) is 4.55. The van der Waals surface area contributed by atoms with E-state index in [0.717, 1.165) is 22.9 Å². The van der Waals surface area contributed by atoms with Gasteiger partial charge in [0.1, 0.15) is 6.61 Å². The summed E-state index contributed by atoms with van der Waals surface area (Å²) in [6.45, 7) is 0.713. The molecule has 1 aliphatic carbocycles. The van der Waals surface area contributed by atoms with Gasteiger partial charge in [0.25, 0.3) is 0 Å². The first-order valence-corrected chi connectivity index (χ1v) is 6.07. The van der Waals surface area contributed by atoms with Crippen molar-refractivity contribution in [2.75, 3.05) is 6.54 Å². The van der Waals surface area contributed by atoms with E-state index in [-0.39, 0.29) is 11.4 Å². The Hall–Kier alpha value is -0.870. The van der Waals surface area contributed by atoms with Gasteiger partial charge in [0.05, 0.1) is 5.41 Å². The van der Waals surface area contributed by atoms with Crippen LogP contribution >= 0.6 is 15.9 Å². The molecular weight excluding hydrogens is 270 g/mol. The van der Waals surface area contributed by atoms with Crippen molar-refractivity contribution >= 4 is 21.9 Å². The van der Waals surface area contributed by atoms with E-state index in [1.165, 1.54) is 0 Å². The van der Waals surface area contributed by atoms with Gasteiger partial charge in [-0.15, -0.1) is 0 Å². The van der Waals surface area contributed by atoms with Crippen LogP contribution < -0.4 is 5.73 Å². The normalized spacial score (nSPS) is 16.9. The Morgan fingerprint density at radius 2 is 2.25 bits per heavy atom. The first kappa shape index (κ1) is 11.6. The van der Waals surface area contributed by atoms with Crippen LogP contribution in [0.2, 0.25) is 0 Å². The largest absolute Gasteiger partial charge is 0.460 e. The van der Waals surface area contributed by atoms with Gasteiger partial charge in [-0.25, -0.2) is 0 Å². The SMILES string of the molecule is NCC1(C(=O)OCc2cccc(Br)c2)CC1. The van der Waals surface area contributed by atoms with E-state index in [1.54, 1.807) is 0 Å². The lowest BCUT2D eigenvalue weighted by Crippen LogP contribution is -2.27. The molecule has 0 spiro atoms. The van der Waals surface area contributed by atoms with Crippen LogP contribution in [0.1, 0.15) is 18.4 Å². The number of hydrogen-bond donors (Lipinski definition) is 1. The lowest BCUT2D eigenvalue weighted by Gasteiger charge is -2.11. The Kier molecular flexibility index (Phi) is 3.30. The summed E-state index contributed by atoms with van der Waals surface area (Å²) in [5, 5.41) is 0. The summed E-state index contributed by atoms with van der Waals surface area (Å²) in [4.78, 5) is 11.7. The number of rotatable bonds is 4. The van der Waals surface area contributed by atoms with Crippen molar-refractivity contribution in [1.82, 2.24) is 0 Å². The number of benzene rings is 1. The smallest absolute Gasteiger partial charge is 0.313 e. The fourth-order valence-corrected chi connectivity index (χ4v) is 2.02. The van der Waals surface area contributed by atoms with Crippen LogP contribution in [-0.2, 0) is 16.1 Å². The summed E-state index contributed by atoms with van der Waals surface area (Å²) < 4.78 is 6.25. The highest BCUT2D eigenvalue weighted by Gasteiger charge is 2.50. The van der Waals surface area contributed by atoms with Crippen molar-refractivity contribution in [2.24, 2.45) is 11.1 Å². The van der Waals surface area contributed by atoms with Gasteiger partial charge in [0.2, 0.25) is 0 Å². The summed E-state index contributed by atoms with van der Waals surface area (Å²) in [6, 6.07) is 7.73. The summed E-state index contributed by atoms with van der Waals surface area (Å²) in [5.74, 6) is -0.157. The van der Waals surface area contributed by atoms with E-state index in [0.29, 0.717) is 13.2 Å². The van der Waals surface area contributed by atoms with Gasteiger partial charge in [-0.05, 0) is 30.5 Å². The molecule has 0 radical (unpaired) electrons. The zero-order valence-electron chi connectivity index (χ0n) is 8.91. The van der Waals surface area contributed by atoms with Gasteiger partial charge in [-0.1, -0.05) is 28.1 Å². The quantitative estimate of drug-likeness (QED) is 0.863. The Morgan fingerprint density at radius 3 is 2.81 bits per heavy atom. The molecule has 0 atom stereocenters. The summed E-state index contributed by atoms with van der Waals surface area (Å²) in [7, 11) is 0. The van der Waals surface area contributed by atoms with Crippen LogP contribution in [0.4, 0.5) is 0 Å². The first-order valence-electron chi connectivity index (χ1n) is 5.28. The standard InChI is InChI=1S/C12H14BrNO2/c13-10-3-1-2-9(6-10)7-16-11(15)12(8-14)4-5-12/h1-3,6H,4-5,7-8,14H2. The number of carbonyl (C=O) groups is 1. The van der Waals surface area contributed by atoms with Crippen molar-refractivity contribution in [1.29, 1.82) is 0 Å². The zero-order valence-corrected chi connectivity index (χ0v) is 10.5. The molecule has 0 aromatic heterocycles. The predicted octanol–water partition coefficient (Wildman–Crippen LogP) is 2.23. The van der Waals surface area contributed by atoms with Crippen LogP contribution in [0.15, 0.2) is 28.7 Å². The minimum atomic E-state index is -0.369. The van der Waals surface area contributed by atoms with Gasteiger partial charge in [0.15, 0.2) is 0 Å². The lowest BCUT2D eigenvalue weighted by atomic mass is 10.1. The molecule has 0 saturated heterocycles. The molecular formula is C12H14BrNO2. The molecule has 0 aliphatic heterocycles. The Balaban J connectivity index is 1.90. The predicted molar refractivity (Wildman–Crippen MR) is 64.7 cm³/mol.